The maximum Gasteiger partial charge on any atom is 0.406 e. The fraction of sp³-hybridized carbons (Fsp3) is 0.929. The molecule has 0 spiro atoms. The normalized spacial score (nSPS) is 27.4. The van der Waals surface area contributed by atoms with Crippen LogP contribution in [0.3, 0.4) is 0 Å². The topological polar surface area (TPSA) is 29.5 Å². The maximum absolute atomic E-state index is 12.5. The van der Waals surface area contributed by atoms with E-state index in [1.165, 1.54) is 0 Å². The van der Waals surface area contributed by atoms with Crippen LogP contribution in [0.5, 0.6) is 0 Å². The zero-order chi connectivity index (χ0) is 15.3. The number of carbonyl (C=O) groups excluding carboxylic acids is 1. The van der Waals surface area contributed by atoms with Gasteiger partial charge in [0.2, 0.25) is 5.91 Å². The van der Waals surface area contributed by atoms with Crippen molar-refractivity contribution in [2.24, 2.45) is 5.92 Å². The van der Waals surface area contributed by atoms with Crippen molar-refractivity contribution in [2.75, 3.05) is 13.1 Å². The first kappa shape index (κ1) is 17.3. The fourth-order valence-corrected chi connectivity index (χ4v) is 2.86. The number of halogens is 3. The van der Waals surface area contributed by atoms with Crippen LogP contribution in [-0.2, 0) is 9.53 Å². The predicted molar refractivity (Wildman–Crippen MR) is 70.3 cm³/mol. The summed E-state index contributed by atoms with van der Waals surface area (Å²) in [6, 6.07) is 0. The predicted octanol–water partition coefficient (Wildman–Crippen LogP) is 3.38. The highest BCUT2D eigenvalue weighted by Gasteiger charge is 2.34. The average Bonchev–Trinajstić information content (AvgIpc) is 2.25. The second-order valence-electron chi connectivity index (χ2n) is 5.73. The van der Waals surface area contributed by atoms with Crippen LogP contribution < -0.4 is 0 Å². The fourth-order valence-electron chi connectivity index (χ4n) is 2.86. The first-order valence-corrected chi connectivity index (χ1v) is 7.21. The second-order valence-corrected chi connectivity index (χ2v) is 5.73. The minimum absolute atomic E-state index is 0.0683. The van der Waals surface area contributed by atoms with E-state index >= 15 is 0 Å². The van der Waals surface area contributed by atoms with Crippen LogP contribution in [0.1, 0.15) is 46.5 Å². The summed E-state index contributed by atoms with van der Waals surface area (Å²) in [5.41, 5.74) is 0. The first-order valence-electron chi connectivity index (χ1n) is 7.21. The van der Waals surface area contributed by atoms with Gasteiger partial charge in [0.15, 0.2) is 0 Å². The minimum Gasteiger partial charge on any atom is -0.376 e. The Morgan fingerprint density at radius 2 is 1.80 bits per heavy atom. The molecule has 3 nitrogen and oxygen atoms in total. The molecule has 1 fully saturated rings. The number of nitrogens with zero attached hydrogens (tertiary/aromatic N) is 1. The van der Waals surface area contributed by atoms with Gasteiger partial charge in [-0.1, -0.05) is 6.92 Å². The van der Waals surface area contributed by atoms with Crippen LogP contribution >= 0.6 is 0 Å². The summed E-state index contributed by atoms with van der Waals surface area (Å²) < 4.78 is 43.0. The van der Waals surface area contributed by atoms with E-state index in [-0.39, 0.29) is 31.1 Å². The van der Waals surface area contributed by atoms with Crippen molar-refractivity contribution < 1.29 is 22.7 Å². The van der Waals surface area contributed by atoms with Gasteiger partial charge in [0.25, 0.3) is 0 Å². The summed E-state index contributed by atoms with van der Waals surface area (Å²) in [5.74, 6) is -0.274. The van der Waals surface area contributed by atoms with Gasteiger partial charge in [0, 0.05) is 13.0 Å². The van der Waals surface area contributed by atoms with E-state index < -0.39 is 18.6 Å². The van der Waals surface area contributed by atoms with Crippen LogP contribution in [0.2, 0.25) is 0 Å². The van der Waals surface area contributed by atoms with Crippen LogP contribution in [0.4, 0.5) is 13.2 Å². The maximum atomic E-state index is 12.5. The molecule has 1 aliphatic rings. The van der Waals surface area contributed by atoms with Crippen molar-refractivity contribution in [1.82, 2.24) is 4.90 Å². The molecule has 2 unspecified atom stereocenters. The third-order valence-corrected chi connectivity index (χ3v) is 3.47. The average molecular weight is 295 g/mol. The third-order valence-electron chi connectivity index (χ3n) is 3.47. The molecule has 1 saturated heterocycles. The summed E-state index contributed by atoms with van der Waals surface area (Å²) in [6.45, 7) is 4.66. The molecule has 0 saturated carbocycles. The van der Waals surface area contributed by atoms with Crippen LogP contribution in [0, 0.1) is 5.92 Å². The summed E-state index contributed by atoms with van der Waals surface area (Å²) in [6.07, 6.45) is -2.00. The van der Waals surface area contributed by atoms with Gasteiger partial charge in [-0.3, -0.25) is 4.79 Å². The highest BCUT2D eigenvalue weighted by atomic mass is 19.4. The molecule has 0 aliphatic carbocycles. The molecule has 0 aromatic heterocycles. The number of rotatable bonds is 5. The molecule has 1 heterocycles. The number of alkyl halides is 3. The molecule has 0 aromatic carbocycles. The van der Waals surface area contributed by atoms with E-state index in [9.17, 15) is 18.0 Å². The van der Waals surface area contributed by atoms with Crippen molar-refractivity contribution in [2.45, 2.75) is 64.8 Å². The Kier molecular flexibility index (Phi) is 6.30. The summed E-state index contributed by atoms with van der Waals surface area (Å²) in [4.78, 5) is 13.0. The molecular weight excluding hydrogens is 271 g/mol. The molecule has 1 amide bonds. The number of carbonyl (C=O) groups is 1. The zero-order valence-corrected chi connectivity index (χ0v) is 12.4. The van der Waals surface area contributed by atoms with E-state index in [1.54, 1.807) is 6.92 Å². The Hall–Kier alpha value is -0.780. The molecule has 0 radical (unpaired) electrons. The quantitative estimate of drug-likeness (QED) is 0.778. The third kappa shape index (κ3) is 6.11. The Bertz CT molecular complexity index is 310. The molecule has 0 bridgehead atoms. The van der Waals surface area contributed by atoms with Crippen molar-refractivity contribution >= 4 is 5.91 Å². The summed E-state index contributed by atoms with van der Waals surface area (Å²) >= 11 is 0. The van der Waals surface area contributed by atoms with E-state index in [2.05, 4.69) is 0 Å². The smallest absolute Gasteiger partial charge is 0.376 e. The van der Waals surface area contributed by atoms with E-state index in [0.717, 1.165) is 17.7 Å². The molecular formula is C14H24F3NO2. The Morgan fingerprint density at radius 3 is 2.25 bits per heavy atom. The van der Waals surface area contributed by atoms with Gasteiger partial charge in [-0.15, -0.1) is 0 Å². The first-order chi connectivity index (χ1) is 9.21. The van der Waals surface area contributed by atoms with Gasteiger partial charge in [-0.2, -0.15) is 13.2 Å². The van der Waals surface area contributed by atoms with Gasteiger partial charge >= 0.3 is 6.18 Å². The second kappa shape index (κ2) is 7.29. The lowest BCUT2D eigenvalue weighted by Crippen LogP contribution is -2.41. The molecule has 2 atom stereocenters. The molecule has 1 rings (SSSR count). The molecule has 118 valence electrons. The highest BCUT2D eigenvalue weighted by Crippen LogP contribution is 2.28. The van der Waals surface area contributed by atoms with Gasteiger partial charge in [-0.05, 0) is 39.0 Å². The van der Waals surface area contributed by atoms with Crippen molar-refractivity contribution in [3.8, 4) is 0 Å². The Morgan fingerprint density at radius 1 is 1.25 bits per heavy atom. The van der Waals surface area contributed by atoms with Crippen LogP contribution in [-0.4, -0.2) is 42.3 Å². The minimum atomic E-state index is -4.33. The van der Waals surface area contributed by atoms with E-state index in [4.69, 9.17) is 4.74 Å². The number of hydrogen-bond acceptors (Lipinski definition) is 2. The van der Waals surface area contributed by atoms with Crippen LogP contribution in [0.25, 0.3) is 0 Å². The molecule has 6 heteroatoms. The Labute approximate surface area is 118 Å². The van der Waals surface area contributed by atoms with Gasteiger partial charge in [-0.25, -0.2) is 0 Å². The van der Waals surface area contributed by atoms with E-state index in [1.807, 2.05) is 13.8 Å². The molecule has 0 N–H and O–H groups in total. The van der Waals surface area contributed by atoms with E-state index in [0.29, 0.717) is 6.42 Å². The standard InChI is InChI=1S/C14H24F3NO2/c1-4-5-18(9-14(15,16)17)13(19)8-12-6-10(2)20-11(3)7-12/h10-12H,4-9H2,1-3H3. The summed E-state index contributed by atoms with van der Waals surface area (Å²) in [5, 5.41) is 0. The molecule has 0 aromatic rings. The zero-order valence-electron chi connectivity index (χ0n) is 12.4. The van der Waals surface area contributed by atoms with Gasteiger partial charge in [0.1, 0.15) is 6.54 Å². The van der Waals surface area contributed by atoms with Crippen LogP contribution in [0.15, 0.2) is 0 Å². The molecule has 1 aliphatic heterocycles. The van der Waals surface area contributed by atoms with Crippen molar-refractivity contribution in [3.63, 3.8) is 0 Å². The van der Waals surface area contributed by atoms with Crippen molar-refractivity contribution in [1.29, 1.82) is 0 Å². The number of hydrogen-bond donors (Lipinski definition) is 0. The monoisotopic (exact) mass is 295 g/mol. The Balaban J connectivity index is 2.56. The number of amides is 1. The summed E-state index contributed by atoms with van der Waals surface area (Å²) in [7, 11) is 0. The van der Waals surface area contributed by atoms with Gasteiger partial charge < -0.3 is 9.64 Å². The van der Waals surface area contributed by atoms with Gasteiger partial charge in [0.05, 0.1) is 12.2 Å². The highest BCUT2D eigenvalue weighted by molar-refractivity contribution is 5.76. The lowest BCUT2D eigenvalue weighted by molar-refractivity contribution is -0.162. The molecule has 20 heavy (non-hydrogen) atoms. The van der Waals surface area contributed by atoms with Crippen molar-refractivity contribution in [3.05, 3.63) is 0 Å². The lowest BCUT2D eigenvalue weighted by atomic mass is 9.89. The lowest BCUT2D eigenvalue weighted by Gasteiger charge is -2.33. The largest absolute Gasteiger partial charge is 0.406 e. The SMILES string of the molecule is CCCN(CC(F)(F)F)C(=O)CC1CC(C)OC(C)C1. The number of ether oxygens (including phenoxy) is 1.